The minimum atomic E-state index is 0.844. The monoisotopic (exact) mass is 819 g/mol. The van der Waals surface area contributed by atoms with Crippen LogP contribution in [0.5, 0.6) is 0 Å². The zero-order chi connectivity index (χ0) is 43.5. The van der Waals surface area contributed by atoms with Crippen LogP contribution in [0.2, 0.25) is 0 Å². The van der Waals surface area contributed by atoms with Crippen LogP contribution < -0.4 is 0 Å². The summed E-state index contributed by atoms with van der Waals surface area (Å²) in [5.41, 5.74) is 15.5. The SMILES string of the molecule is C(=C\c1ccnc(-c2cc(/C=C/c3ccncc3)ccn2)c1)/c1ccncc1.Cc1ccnc(-c2cc(/C=C/c3ccncc3)ccn2)c1.Cc1ccnc(-c2cc(C)ccn2)c1. The maximum atomic E-state index is 4.49. The molecule has 0 saturated carbocycles. The molecule has 0 unspecified atom stereocenters. The summed E-state index contributed by atoms with van der Waals surface area (Å²) in [6.45, 7) is 6.17. The highest BCUT2D eigenvalue weighted by atomic mass is 14.8. The second kappa shape index (κ2) is 22.3. The topological polar surface area (TPSA) is 116 Å². The second-order valence-electron chi connectivity index (χ2n) is 14.4. The quantitative estimate of drug-likeness (QED) is 0.140. The maximum absolute atomic E-state index is 4.49. The van der Waals surface area contributed by atoms with Crippen LogP contribution in [0.3, 0.4) is 0 Å². The molecule has 0 aliphatic rings. The Balaban J connectivity index is 0.000000150. The van der Waals surface area contributed by atoms with Crippen LogP contribution in [0.1, 0.15) is 50.1 Å². The van der Waals surface area contributed by atoms with E-state index in [-0.39, 0.29) is 0 Å². The highest BCUT2D eigenvalue weighted by Gasteiger charge is 2.04. The van der Waals surface area contributed by atoms with Gasteiger partial charge in [0, 0.05) is 74.4 Å². The summed E-state index contributed by atoms with van der Waals surface area (Å²) in [7, 11) is 0. The molecule has 0 aliphatic carbocycles. The molecule has 0 amide bonds. The summed E-state index contributed by atoms with van der Waals surface area (Å²) in [6.07, 6.45) is 33.9. The molecule has 9 rings (SSSR count). The Labute approximate surface area is 368 Å². The van der Waals surface area contributed by atoms with Crippen molar-refractivity contribution in [2.75, 3.05) is 0 Å². The Morgan fingerprint density at radius 2 is 0.444 bits per heavy atom. The molecule has 306 valence electrons. The van der Waals surface area contributed by atoms with Crippen molar-refractivity contribution in [3.8, 4) is 34.2 Å². The van der Waals surface area contributed by atoms with Crippen molar-refractivity contribution in [3.63, 3.8) is 0 Å². The van der Waals surface area contributed by atoms with Gasteiger partial charge in [-0.3, -0.25) is 44.9 Å². The van der Waals surface area contributed by atoms with Gasteiger partial charge in [-0.05, 0) is 180 Å². The summed E-state index contributed by atoms with van der Waals surface area (Å²) in [5, 5.41) is 0. The van der Waals surface area contributed by atoms with Gasteiger partial charge in [0.1, 0.15) is 0 Å². The summed E-state index contributed by atoms with van der Waals surface area (Å²) in [4.78, 5) is 38.4. The largest absolute Gasteiger partial charge is 0.265 e. The van der Waals surface area contributed by atoms with Crippen LogP contribution in [0.25, 0.3) is 70.6 Å². The number of aryl methyl sites for hydroxylation is 3. The lowest BCUT2D eigenvalue weighted by atomic mass is 10.1. The third kappa shape index (κ3) is 13.5. The van der Waals surface area contributed by atoms with E-state index in [2.05, 4.69) is 102 Å². The molecule has 9 aromatic heterocycles. The third-order valence-electron chi connectivity index (χ3n) is 9.41. The van der Waals surface area contributed by atoms with Crippen molar-refractivity contribution >= 4 is 36.5 Å². The third-order valence-corrected chi connectivity index (χ3v) is 9.41. The van der Waals surface area contributed by atoms with Crippen LogP contribution >= 0.6 is 0 Å². The average Bonchev–Trinajstić information content (AvgIpc) is 3.34. The molecule has 0 spiro atoms. The van der Waals surface area contributed by atoms with Crippen LogP contribution in [0.15, 0.2) is 184 Å². The van der Waals surface area contributed by atoms with Crippen LogP contribution in [0, 0.1) is 20.8 Å². The summed E-state index contributed by atoms with van der Waals surface area (Å²) in [6, 6.07) is 36.0. The van der Waals surface area contributed by atoms with Gasteiger partial charge in [0.15, 0.2) is 0 Å². The zero-order valence-electron chi connectivity index (χ0n) is 35.3. The molecule has 9 aromatic rings. The smallest absolute Gasteiger partial charge is 0.0892 e. The molecular weight excluding hydrogens is 775 g/mol. The van der Waals surface area contributed by atoms with Gasteiger partial charge in [-0.25, -0.2) is 0 Å². The minimum absolute atomic E-state index is 0.844. The first kappa shape index (κ1) is 42.7. The Morgan fingerprint density at radius 1 is 0.238 bits per heavy atom. The fraction of sp³-hybridized carbons (Fsp3) is 0.0556. The molecule has 9 heterocycles. The van der Waals surface area contributed by atoms with Crippen LogP contribution in [-0.4, -0.2) is 44.9 Å². The van der Waals surface area contributed by atoms with E-state index in [9.17, 15) is 0 Å². The van der Waals surface area contributed by atoms with Gasteiger partial charge in [0.05, 0.1) is 34.2 Å². The lowest BCUT2D eigenvalue weighted by Crippen LogP contribution is -1.88. The molecule has 9 nitrogen and oxygen atoms in total. The van der Waals surface area contributed by atoms with E-state index in [4.69, 9.17) is 0 Å². The maximum Gasteiger partial charge on any atom is 0.0892 e. The Morgan fingerprint density at radius 3 is 0.698 bits per heavy atom. The predicted molar refractivity (Wildman–Crippen MR) is 256 cm³/mol. The molecule has 0 saturated heterocycles. The molecule has 0 radical (unpaired) electrons. The van der Waals surface area contributed by atoms with E-state index in [1.165, 1.54) is 16.7 Å². The average molecular weight is 820 g/mol. The second-order valence-corrected chi connectivity index (χ2v) is 14.4. The first-order chi connectivity index (χ1) is 30.9. The molecule has 0 atom stereocenters. The van der Waals surface area contributed by atoms with Crippen LogP contribution in [-0.2, 0) is 0 Å². The van der Waals surface area contributed by atoms with Crippen molar-refractivity contribution in [1.29, 1.82) is 0 Å². The van der Waals surface area contributed by atoms with E-state index in [1.54, 1.807) is 37.2 Å². The van der Waals surface area contributed by atoms with Gasteiger partial charge < -0.3 is 0 Å². The van der Waals surface area contributed by atoms with E-state index in [1.807, 2.05) is 146 Å². The highest BCUT2D eigenvalue weighted by Crippen LogP contribution is 2.21. The standard InChI is InChI=1S/C24H18N4.C18H15N3.C12H12N2/c1(19-5-11-25-12-6-19)3-21-9-15-27-23(17-21)24-18-22(10-16-28-24)4-2-20-7-13-26-14-8-20;1-14-4-10-20-17(12-14)18-13-16(7-11-21-18)3-2-15-5-8-19-9-6-15;1-9-3-5-13-11(7-9)12-8-10(2)4-6-14-12/h1-18H;2-13H,1H3;3-8H,1-2H3/b3-1+,4-2+;3-2+;. The Kier molecular flexibility index (Phi) is 15.1. The van der Waals surface area contributed by atoms with E-state index < -0.39 is 0 Å². The van der Waals surface area contributed by atoms with Gasteiger partial charge >= 0.3 is 0 Å². The van der Waals surface area contributed by atoms with Gasteiger partial charge in [-0.2, -0.15) is 0 Å². The zero-order valence-corrected chi connectivity index (χ0v) is 35.3. The molecule has 0 N–H and O–H groups in total. The predicted octanol–water partition coefficient (Wildman–Crippen LogP) is 12.1. The van der Waals surface area contributed by atoms with E-state index >= 15 is 0 Å². The van der Waals surface area contributed by atoms with E-state index in [0.717, 1.165) is 67.5 Å². The lowest BCUT2D eigenvalue weighted by molar-refractivity contribution is 1.21. The number of rotatable bonds is 9. The molecule has 0 aliphatic heterocycles. The minimum Gasteiger partial charge on any atom is -0.265 e. The Hall–Kier alpha value is -8.43. The fourth-order valence-electron chi connectivity index (χ4n) is 6.10. The van der Waals surface area contributed by atoms with Crippen molar-refractivity contribution in [1.82, 2.24) is 44.9 Å². The van der Waals surface area contributed by atoms with Gasteiger partial charge in [0.25, 0.3) is 0 Å². The first-order valence-corrected chi connectivity index (χ1v) is 20.4. The normalized spacial score (nSPS) is 10.9. The highest BCUT2D eigenvalue weighted by molar-refractivity contribution is 5.74. The summed E-state index contributed by atoms with van der Waals surface area (Å²) >= 11 is 0. The van der Waals surface area contributed by atoms with Crippen molar-refractivity contribution in [2.45, 2.75) is 20.8 Å². The molecular formula is C54H45N9. The number of nitrogens with zero attached hydrogens (tertiary/aromatic N) is 9. The van der Waals surface area contributed by atoms with Gasteiger partial charge in [-0.1, -0.05) is 36.5 Å². The molecule has 63 heavy (non-hydrogen) atoms. The number of hydrogen-bond donors (Lipinski definition) is 0. The lowest BCUT2D eigenvalue weighted by Gasteiger charge is -2.03. The van der Waals surface area contributed by atoms with Gasteiger partial charge in [0.2, 0.25) is 0 Å². The summed E-state index contributed by atoms with van der Waals surface area (Å²) < 4.78 is 0. The van der Waals surface area contributed by atoms with Gasteiger partial charge in [-0.15, -0.1) is 0 Å². The number of hydrogen-bond acceptors (Lipinski definition) is 9. The first-order valence-electron chi connectivity index (χ1n) is 20.4. The van der Waals surface area contributed by atoms with Crippen molar-refractivity contribution in [2.24, 2.45) is 0 Å². The molecule has 0 bridgehead atoms. The number of pyridine rings is 9. The van der Waals surface area contributed by atoms with Crippen LogP contribution in [0.4, 0.5) is 0 Å². The number of aromatic nitrogens is 9. The van der Waals surface area contributed by atoms with E-state index in [0.29, 0.717) is 0 Å². The molecule has 9 heteroatoms. The molecule has 0 fully saturated rings. The fourth-order valence-corrected chi connectivity index (χ4v) is 6.10. The van der Waals surface area contributed by atoms with Crippen molar-refractivity contribution in [3.05, 3.63) is 234 Å². The summed E-state index contributed by atoms with van der Waals surface area (Å²) in [5.74, 6) is 0. The Bertz CT molecular complexity index is 2800. The molecule has 0 aromatic carbocycles. The van der Waals surface area contributed by atoms with Crippen molar-refractivity contribution < 1.29 is 0 Å².